The Hall–Kier alpha value is -1.12. The third-order valence-corrected chi connectivity index (χ3v) is 10.9. The highest BCUT2D eigenvalue weighted by Gasteiger charge is 2.59. The summed E-state index contributed by atoms with van der Waals surface area (Å²) in [6.45, 7) is 7.15. The zero-order chi connectivity index (χ0) is 24.9. The summed E-state index contributed by atoms with van der Waals surface area (Å²) < 4.78 is 6.20. The molecule has 0 aromatic heterocycles. The second-order valence-corrected chi connectivity index (χ2v) is 13.0. The molecule has 0 bridgehead atoms. The highest BCUT2D eigenvalue weighted by atomic mass is 16.5. The van der Waals surface area contributed by atoms with Crippen molar-refractivity contribution in [2.75, 3.05) is 0 Å². The van der Waals surface area contributed by atoms with Gasteiger partial charge in [-0.1, -0.05) is 84.1 Å². The quantitative estimate of drug-likeness (QED) is 0.205. The Morgan fingerprint density at radius 1 is 0.857 bits per heavy atom. The predicted molar refractivity (Wildman–Crippen MR) is 143 cm³/mol. The molecule has 198 valence electrons. The van der Waals surface area contributed by atoms with E-state index in [0.717, 1.165) is 44.4 Å². The van der Waals surface area contributed by atoms with Crippen LogP contribution in [0.4, 0.5) is 0 Å². The van der Waals surface area contributed by atoms with Crippen LogP contribution in [-0.2, 0) is 14.3 Å². The minimum atomic E-state index is 0.0465. The molecule has 0 aliphatic heterocycles. The predicted octanol–water partition coefficient (Wildman–Crippen LogP) is 8.74. The molecule has 4 aliphatic rings. The second kappa shape index (κ2) is 12.0. The summed E-state index contributed by atoms with van der Waals surface area (Å²) in [6.07, 6.45) is 24.4. The van der Waals surface area contributed by atoms with Crippen LogP contribution in [0.5, 0.6) is 0 Å². The number of rotatable bonds is 12. The van der Waals surface area contributed by atoms with Crippen LogP contribution in [0.1, 0.15) is 143 Å². The minimum absolute atomic E-state index is 0.0465. The summed E-state index contributed by atoms with van der Waals surface area (Å²) in [6, 6.07) is 0. The number of ketones is 1. The third kappa shape index (κ3) is 5.90. The lowest BCUT2D eigenvalue weighted by molar-refractivity contribution is -0.160. The first-order chi connectivity index (χ1) is 16.9. The molecule has 0 N–H and O–H groups in total. The second-order valence-electron chi connectivity index (χ2n) is 13.0. The summed E-state index contributed by atoms with van der Waals surface area (Å²) in [7, 11) is 0. The van der Waals surface area contributed by atoms with E-state index in [0.29, 0.717) is 24.0 Å². The molecular weight excluding hydrogens is 432 g/mol. The Labute approximate surface area is 215 Å². The first kappa shape index (κ1) is 26.9. The molecule has 6 atom stereocenters. The molecule has 4 rings (SSSR count). The van der Waals surface area contributed by atoms with Crippen LogP contribution in [-0.4, -0.2) is 17.9 Å². The average molecular weight is 485 g/mol. The molecule has 35 heavy (non-hydrogen) atoms. The van der Waals surface area contributed by atoms with E-state index in [1.54, 1.807) is 0 Å². The number of hydrogen-bond acceptors (Lipinski definition) is 3. The maximum Gasteiger partial charge on any atom is 0.306 e. The molecular formula is C32H52O3. The lowest BCUT2D eigenvalue weighted by Crippen LogP contribution is -2.51. The van der Waals surface area contributed by atoms with E-state index >= 15 is 0 Å². The molecule has 3 saturated carbocycles. The normalized spacial score (nSPS) is 36.2. The fourth-order valence-electron chi connectivity index (χ4n) is 8.68. The van der Waals surface area contributed by atoms with Gasteiger partial charge in [0.25, 0.3) is 0 Å². The molecule has 4 aliphatic carbocycles. The highest BCUT2D eigenvalue weighted by molar-refractivity contribution is 5.91. The summed E-state index contributed by atoms with van der Waals surface area (Å²) in [5.74, 6) is 2.49. The van der Waals surface area contributed by atoms with Crippen molar-refractivity contribution in [2.24, 2.45) is 28.6 Å². The number of unbranched alkanes of at least 4 members (excludes halogenated alkanes) is 9. The molecule has 0 heterocycles. The van der Waals surface area contributed by atoms with Gasteiger partial charge in [-0.25, -0.2) is 0 Å². The van der Waals surface area contributed by atoms with Crippen molar-refractivity contribution in [1.82, 2.24) is 0 Å². The van der Waals surface area contributed by atoms with E-state index in [-0.39, 0.29) is 22.9 Å². The van der Waals surface area contributed by atoms with Crippen molar-refractivity contribution < 1.29 is 14.3 Å². The average Bonchev–Trinajstić information content (AvgIpc) is 3.16. The Morgan fingerprint density at radius 2 is 1.54 bits per heavy atom. The standard InChI is InChI=1S/C32H52O3/c1-4-5-6-7-8-9-10-11-12-13-14-30(34)35-29-18-17-27-26-16-15-24-23-25(33)19-21-31(24,2)28(26)20-22-32(27,29)3/h23,26-29H,4-22H2,1-3H3/t26?,27?,28?,29-,31-,32-/m0/s1. The van der Waals surface area contributed by atoms with Crippen LogP contribution < -0.4 is 0 Å². The maximum atomic E-state index is 12.7. The topological polar surface area (TPSA) is 43.4 Å². The van der Waals surface area contributed by atoms with E-state index in [1.165, 1.54) is 82.6 Å². The lowest BCUT2D eigenvalue weighted by Gasteiger charge is -2.57. The summed E-state index contributed by atoms with van der Waals surface area (Å²) in [5, 5.41) is 0. The van der Waals surface area contributed by atoms with E-state index in [1.807, 2.05) is 6.08 Å². The van der Waals surface area contributed by atoms with Crippen LogP contribution in [0.25, 0.3) is 0 Å². The van der Waals surface area contributed by atoms with Gasteiger partial charge in [-0.15, -0.1) is 0 Å². The van der Waals surface area contributed by atoms with Crippen molar-refractivity contribution in [3.63, 3.8) is 0 Å². The van der Waals surface area contributed by atoms with Gasteiger partial charge in [0, 0.05) is 18.3 Å². The highest BCUT2D eigenvalue weighted by Crippen LogP contribution is 2.65. The fraction of sp³-hybridized carbons (Fsp3) is 0.875. The molecule has 3 nitrogen and oxygen atoms in total. The number of ether oxygens (including phenoxy) is 1. The Bertz CT molecular complexity index is 769. The SMILES string of the molecule is CCCCCCCCCCCCC(=O)O[C@H]1CCC2C3CCC4=CC(=O)CC[C@]4(C)C3CC[C@@]21C. The molecule has 0 amide bonds. The van der Waals surface area contributed by atoms with Crippen molar-refractivity contribution >= 4 is 11.8 Å². The maximum absolute atomic E-state index is 12.7. The molecule has 3 heteroatoms. The fourth-order valence-corrected chi connectivity index (χ4v) is 8.68. The van der Waals surface area contributed by atoms with Gasteiger partial charge in [0.05, 0.1) is 0 Å². The van der Waals surface area contributed by atoms with E-state index in [4.69, 9.17) is 4.74 Å². The molecule has 3 fully saturated rings. The van der Waals surface area contributed by atoms with E-state index in [9.17, 15) is 9.59 Å². The van der Waals surface area contributed by atoms with Gasteiger partial charge < -0.3 is 4.74 Å². The molecule has 0 aromatic rings. The van der Waals surface area contributed by atoms with Gasteiger partial charge in [0.1, 0.15) is 6.10 Å². The molecule has 0 saturated heterocycles. The summed E-state index contributed by atoms with van der Waals surface area (Å²) in [4.78, 5) is 24.8. The summed E-state index contributed by atoms with van der Waals surface area (Å²) >= 11 is 0. The number of carbonyl (C=O) groups is 2. The summed E-state index contributed by atoms with van der Waals surface area (Å²) in [5.41, 5.74) is 1.81. The van der Waals surface area contributed by atoms with E-state index < -0.39 is 0 Å². The van der Waals surface area contributed by atoms with Crippen LogP contribution in [0.15, 0.2) is 11.6 Å². The molecule has 0 aromatic carbocycles. The van der Waals surface area contributed by atoms with Crippen LogP contribution in [0, 0.1) is 28.6 Å². The Balaban J connectivity index is 1.20. The number of fused-ring (bicyclic) bond motifs is 5. The zero-order valence-electron chi connectivity index (χ0n) is 23.0. The molecule has 0 radical (unpaired) electrons. The van der Waals surface area contributed by atoms with Crippen molar-refractivity contribution in [1.29, 1.82) is 0 Å². The number of esters is 1. The van der Waals surface area contributed by atoms with Gasteiger partial charge in [-0.05, 0) is 80.6 Å². The first-order valence-corrected chi connectivity index (χ1v) is 15.3. The van der Waals surface area contributed by atoms with Crippen LogP contribution in [0.2, 0.25) is 0 Å². The Morgan fingerprint density at radius 3 is 2.26 bits per heavy atom. The van der Waals surface area contributed by atoms with Gasteiger partial charge in [-0.2, -0.15) is 0 Å². The lowest BCUT2D eigenvalue weighted by atomic mass is 9.47. The molecule has 3 unspecified atom stereocenters. The van der Waals surface area contributed by atoms with Gasteiger partial charge in [-0.3, -0.25) is 9.59 Å². The smallest absolute Gasteiger partial charge is 0.306 e. The van der Waals surface area contributed by atoms with Crippen molar-refractivity contribution in [3.05, 3.63) is 11.6 Å². The van der Waals surface area contributed by atoms with E-state index in [2.05, 4.69) is 20.8 Å². The minimum Gasteiger partial charge on any atom is -0.462 e. The number of allylic oxidation sites excluding steroid dienone is 1. The number of carbonyl (C=O) groups excluding carboxylic acids is 2. The van der Waals surface area contributed by atoms with Crippen molar-refractivity contribution in [3.8, 4) is 0 Å². The van der Waals surface area contributed by atoms with Gasteiger partial charge >= 0.3 is 5.97 Å². The first-order valence-electron chi connectivity index (χ1n) is 15.3. The zero-order valence-corrected chi connectivity index (χ0v) is 23.0. The van der Waals surface area contributed by atoms with Crippen molar-refractivity contribution in [2.45, 2.75) is 149 Å². The number of hydrogen-bond donors (Lipinski definition) is 0. The van der Waals surface area contributed by atoms with Crippen LogP contribution >= 0.6 is 0 Å². The largest absolute Gasteiger partial charge is 0.462 e. The Kier molecular flexibility index (Phi) is 9.19. The van der Waals surface area contributed by atoms with Crippen LogP contribution in [0.3, 0.4) is 0 Å². The monoisotopic (exact) mass is 484 g/mol. The van der Waals surface area contributed by atoms with Gasteiger partial charge in [0.2, 0.25) is 0 Å². The molecule has 0 spiro atoms. The third-order valence-electron chi connectivity index (χ3n) is 10.9. The van der Waals surface area contributed by atoms with Gasteiger partial charge in [0.15, 0.2) is 5.78 Å².